The SMILES string of the molecule is CC1CCCC(C)N1C(=O)c1cccc(-c2cccc(-n3ncc(C(=O)O)c3[C@@H]3C[C@H]3c3cn(C)nn3)c2)c1F. The lowest BCUT2D eigenvalue weighted by atomic mass is 9.95. The second kappa shape index (κ2) is 10.0. The van der Waals surface area contributed by atoms with Gasteiger partial charge in [-0.15, -0.1) is 5.10 Å². The Bertz CT molecular complexity index is 1600. The van der Waals surface area contributed by atoms with Crippen LogP contribution in [0.2, 0.25) is 0 Å². The van der Waals surface area contributed by atoms with Crippen LogP contribution in [0, 0.1) is 5.82 Å². The normalized spacial score (nSPS) is 22.4. The summed E-state index contributed by atoms with van der Waals surface area (Å²) in [6.07, 6.45) is 6.80. The fourth-order valence-electron chi connectivity index (χ4n) is 6.13. The molecule has 0 bridgehead atoms. The molecule has 206 valence electrons. The van der Waals surface area contributed by atoms with E-state index in [0.29, 0.717) is 22.5 Å². The Morgan fingerprint density at radius 3 is 2.48 bits per heavy atom. The van der Waals surface area contributed by atoms with Crippen molar-refractivity contribution in [3.8, 4) is 16.8 Å². The number of hydrogen-bond acceptors (Lipinski definition) is 5. The molecule has 2 fully saturated rings. The number of carboxylic acids is 1. The Labute approximate surface area is 231 Å². The van der Waals surface area contributed by atoms with Gasteiger partial charge in [0.05, 0.1) is 28.8 Å². The van der Waals surface area contributed by atoms with E-state index in [4.69, 9.17) is 0 Å². The molecule has 10 heteroatoms. The summed E-state index contributed by atoms with van der Waals surface area (Å²) in [4.78, 5) is 27.3. The highest BCUT2D eigenvalue weighted by atomic mass is 19.1. The first-order chi connectivity index (χ1) is 19.2. The molecule has 0 radical (unpaired) electrons. The molecule has 4 atom stereocenters. The number of carbonyl (C=O) groups is 2. The van der Waals surface area contributed by atoms with Gasteiger partial charge < -0.3 is 10.0 Å². The van der Waals surface area contributed by atoms with Crippen LogP contribution in [0.15, 0.2) is 54.9 Å². The molecule has 2 aromatic heterocycles. The Hall–Kier alpha value is -4.34. The number of halogens is 1. The number of hydrogen-bond donors (Lipinski definition) is 1. The summed E-state index contributed by atoms with van der Waals surface area (Å²) in [7, 11) is 1.79. The molecule has 2 unspecified atom stereocenters. The summed E-state index contributed by atoms with van der Waals surface area (Å²) in [5.74, 6) is -1.95. The Kier molecular flexibility index (Phi) is 6.48. The highest BCUT2D eigenvalue weighted by molar-refractivity contribution is 5.96. The summed E-state index contributed by atoms with van der Waals surface area (Å²) in [5, 5.41) is 22.5. The molecular weight excluding hydrogens is 511 g/mol. The summed E-state index contributed by atoms with van der Waals surface area (Å²) >= 11 is 0. The van der Waals surface area contributed by atoms with Crippen molar-refractivity contribution in [1.82, 2.24) is 29.7 Å². The lowest BCUT2D eigenvalue weighted by molar-refractivity contribution is 0.0505. The molecule has 6 rings (SSSR count). The van der Waals surface area contributed by atoms with E-state index < -0.39 is 11.8 Å². The van der Waals surface area contributed by atoms with E-state index in [0.717, 1.165) is 31.4 Å². The van der Waals surface area contributed by atoms with Crippen LogP contribution in [-0.4, -0.2) is 58.7 Å². The lowest BCUT2D eigenvalue weighted by Gasteiger charge is -2.39. The second-order valence-electron chi connectivity index (χ2n) is 11.0. The van der Waals surface area contributed by atoms with Crippen LogP contribution in [0.4, 0.5) is 4.39 Å². The molecule has 1 saturated carbocycles. The van der Waals surface area contributed by atoms with Gasteiger partial charge in [-0.3, -0.25) is 9.48 Å². The van der Waals surface area contributed by atoms with Crippen molar-refractivity contribution in [2.75, 3.05) is 0 Å². The first-order valence-corrected chi connectivity index (χ1v) is 13.6. The molecule has 0 spiro atoms. The molecule has 2 aromatic carbocycles. The van der Waals surface area contributed by atoms with Gasteiger partial charge in [-0.05, 0) is 63.3 Å². The van der Waals surface area contributed by atoms with Crippen molar-refractivity contribution in [3.05, 3.63) is 83.2 Å². The fourth-order valence-corrected chi connectivity index (χ4v) is 6.13. The molecule has 1 N–H and O–H groups in total. The molecule has 1 saturated heterocycles. The Morgan fingerprint density at radius 1 is 1.02 bits per heavy atom. The minimum atomic E-state index is -1.05. The number of aromatic carboxylic acids is 1. The molecule has 1 amide bonds. The van der Waals surface area contributed by atoms with Gasteiger partial charge in [0, 0.05) is 42.7 Å². The van der Waals surface area contributed by atoms with Crippen LogP contribution < -0.4 is 0 Å². The third kappa shape index (κ3) is 4.47. The van der Waals surface area contributed by atoms with Crippen LogP contribution in [0.3, 0.4) is 0 Å². The smallest absolute Gasteiger partial charge is 0.339 e. The zero-order valence-electron chi connectivity index (χ0n) is 22.7. The van der Waals surface area contributed by atoms with Crippen molar-refractivity contribution in [2.24, 2.45) is 7.05 Å². The maximum absolute atomic E-state index is 16.0. The Morgan fingerprint density at radius 2 is 1.77 bits per heavy atom. The maximum atomic E-state index is 16.0. The molecule has 1 aliphatic heterocycles. The number of amides is 1. The van der Waals surface area contributed by atoms with Gasteiger partial charge in [-0.25, -0.2) is 13.9 Å². The summed E-state index contributed by atoms with van der Waals surface area (Å²) in [5.41, 5.74) is 3.07. The predicted molar refractivity (Wildman–Crippen MR) is 146 cm³/mol. The van der Waals surface area contributed by atoms with Crippen molar-refractivity contribution in [2.45, 2.75) is 63.5 Å². The largest absolute Gasteiger partial charge is 0.478 e. The third-order valence-corrected chi connectivity index (χ3v) is 8.24. The van der Waals surface area contributed by atoms with Crippen LogP contribution >= 0.6 is 0 Å². The highest BCUT2D eigenvalue weighted by Crippen LogP contribution is 2.55. The number of carbonyl (C=O) groups excluding carboxylic acids is 1. The minimum absolute atomic E-state index is 0.0464. The quantitative estimate of drug-likeness (QED) is 0.360. The zero-order chi connectivity index (χ0) is 28.1. The van der Waals surface area contributed by atoms with Gasteiger partial charge in [-0.2, -0.15) is 5.10 Å². The molecule has 9 nitrogen and oxygen atoms in total. The van der Waals surface area contributed by atoms with Gasteiger partial charge in [0.2, 0.25) is 0 Å². The first kappa shape index (κ1) is 25.9. The molecular formula is C30H31FN6O3. The van der Waals surface area contributed by atoms with E-state index >= 15 is 4.39 Å². The fraction of sp³-hybridized carbons (Fsp3) is 0.367. The molecule has 4 aromatic rings. The molecule has 1 aliphatic carbocycles. The number of rotatable bonds is 6. The maximum Gasteiger partial charge on any atom is 0.339 e. The summed E-state index contributed by atoms with van der Waals surface area (Å²) in [6, 6.07) is 12.2. The van der Waals surface area contributed by atoms with Gasteiger partial charge in [0.15, 0.2) is 0 Å². The van der Waals surface area contributed by atoms with Gasteiger partial charge >= 0.3 is 5.97 Å². The molecule has 40 heavy (non-hydrogen) atoms. The summed E-state index contributed by atoms with van der Waals surface area (Å²) in [6.45, 7) is 4.03. The highest BCUT2D eigenvalue weighted by Gasteiger charge is 2.46. The molecule has 3 heterocycles. The van der Waals surface area contributed by atoms with E-state index in [1.807, 2.05) is 26.1 Å². The summed E-state index contributed by atoms with van der Waals surface area (Å²) < 4.78 is 19.2. The topological polar surface area (TPSA) is 106 Å². The number of likely N-dealkylation sites (tertiary alicyclic amines) is 1. The van der Waals surface area contributed by atoms with Crippen LogP contribution in [0.1, 0.15) is 83.5 Å². The van der Waals surface area contributed by atoms with E-state index in [9.17, 15) is 14.7 Å². The number of aromatic nitrogens is 5. The Balaban J connectivity index is 1.36. The van der Waals surface area contributed by atoms with Gasteiger partial charge in [-0.1, -0.05) is 29.5 Å². The number of benzene rings is 2. The standard InChI is InChI=1S/C30H31FN6O3/c1-17-7-4-8-18(2)36(17)29(38)22-12-6-11-21(27(22)31)19-9-5-10-20(13-19)37-28(25(15-32-37)30(39)40)24-14-23(24)26-16-35(3)34-33-26/h5-6,9-13,15-18,23-24H,4,7-8,14H2,1-3H3,(H,39,40)/t17?,18?,23-,24-/m1/s1. The van der Waals surface area contributed by atoms with Gasteiger partial charge in [0.1, 0.15) is 11.4 Å². The second-order valence-corrected chi connectivity index (χ2v) is 11.0. The van der Waals surface area contributed by atoms with E-state index in [1.54, 1.807) is 57.7 Å². The van der Waals surface area contributed by atoms with Crippen LogP contribution in [0.5, 0.6) is 0 Å². The van der Waals surface area contributed by atoms with Crippen LogP contribution in [-0.2, 0) is 7.05 Å². The molecule has 2 aliphatic rings. The van der Waals surface area contributed by atoms with Crippen molar-refractivity contribution >= 4 is 11.9 Å². The average molecular weight is 543 g/mol. The van der Waals surface area contributed by atoms with Crippen molar-refractivity contribution in [1.29, 1.82) is 0 Å². The minimum Gasteiger partial charge on any atom is -0.478 e. The first-order valence-electron chi connectivity index (χ1n) is 13.6. The predicted octanol–water partition coefficient (Wildman–Crippen LogP) is 5.18. The van der Waals surface area contributed by atoms with E-state index in [2.05, 4.69) is 15.4 Å². The van der Waals surface area contributed by atoms with Crippen LogP contribution in [0.25, 0.3) is 16.8 Å². The van der Waals surface area contributed by atoms with E-state index in [-0.39, 0.29) is 41.0 Å². The number of nitrogens with zero attached hydrogens (tertiary/aromatic N) is 6. The number of piperidine rings is 1. The van der Waals surface area contributed by atoms with Crippen molar-refractivity contribution in [3.63, 3.8) is 0 Å². The third-order valence-electron chi connectivity index (χ3n) is 8.24. The monoisotopic (exact) mass is 542 g/mol. The van der Waals surface area contributed by atoms with E-state index in [1.165, 1.54) is 6.20 Å². The van der Waals surface area contributed by atoms with Gasteiger partial charge in [0.25, 0.3) is 5.91 Å². The zero-order valence-corrected chi connectivity index (χ0v) is 22.7. The average Bonchev–Trinajstić information content (AvgIpc) is 3.37. The van der Waals surface area contributed by atoms with Crippen molar-refractivity contribution < 1.29 is 19.1 Å². The number of aryl methyl sites for hydroxylation is 1. The number of carboxylic acid groups (broad SMARTS) is 1. The lowest BCUT2D eigenvalue weighted by Crippen LogP contribution is -2.47.